The van der Waals surface area contributed by atoms with Gasteiger partial charge in [0, 0.05) is 18.7 Å². The van der Waals surface area contributed by atoms with E-state index in [2.05, 4.69) is 27.2 Å². The largest absolute Gasteiger partial charge is 0.307 e. The van der Waals surface area contributed by atoms with Crippen LogP contribution in [0.4, 0.5) is 0 Å². The molecule has 1 aromatic rings. The van der Waals surface area contributed by atoms with E-state index in [9.17, 15) is 0 Å². The Morgan fingerprint density at radius 3 is 2.90 bits per heavy atom. The third-order valence-electron chi connectivity index (χ3n) is 1.42. The summed E-state index contributed by atoms with van der Waals surface area (Å²) in [5.41, 5.74) is 2.55. The highest BCUT2D eigenvalue weighted by Crippen LogP contribution is 2.08. The second-order valence-corrected chi connectivity index (χ2v) is 1.98. The van der Waals surface area contributed by atoms with Gasteiger partial charge in [0.05, 0.1) is 11.9 Å². The van der Waals surface area contributed by atoms with Crippen LogP contribution in [0.15, 0.2) is 6.20 Å². The van der Waals surface area contributed by atoms with Gasteiger partial charge in [-0.15, -0.1) is 0 Å². The lowest BCUT2D eigenvalue weighted by atomic mass is 10.3. The summed E-state index contributed by atoms with van der Waals surface area (Å²) in [5, 5.41) is 9.98. The Bertz CT molecular complexity index is 175. The molecule has 0 unspecified atom stereocenters. The van der Waals surface area contributed by atoms with E-state index in [0.717, 1.165) is 13.1 Å². The van der Waals surface area contributed by atoms with Crippen molar-refractivity contribution in [2.45, 2.75) is 13.1 Å². The first-order chi connectivity index (χ1) is 4.97. The lowest BCUT2D eigenvalue weighted by Gasteiger charge is -1.82. The molecule has 0 aliphatic carbocycles. The van der Waals surface area contributed by atoms with Gasteiger partial charge in [0.25, 0.3) is 0 Å². The lowest BCUT2D eigenvalue weighted by molar-refractivity contribution is 0.742. The molecule has 0 radical (unpaired) electrons. The Hall–Kier alpha value is -0.910. The third kappa shape index (κ3) is 1.15. The van der Waals surface area contributed by atoms with Crippen LogP contribution in [0.5, 0.6) is 0 Å². The zero-order chi connectivity index (χ0) is 7.40. The van der Waals surface area contributed by atoms with Crippen LogP contribution in [0, 0.1) is 0 Å². The predicted octanol–water partition coefficient (Wildman–Crippen LogP) is -1.17. The number of hydrogen-bond donors (Lipinski definition) is 4. The average molecular weight is 141 g/mol. The minimum Gasteiger partial charge on any atom is -0.307 e. The maximum absolute atomic E-state index is 4.00. The van der Waals surface area contributed by atoms with E-state index in [1.807, 2.05) is 6.20 Å². The van der Waals surface area contributed by atoms with Gasteiger partial charge in [-0.05, 0) is 0 Å². The zero-order valence-corrected chi connectivity index (χ0v) is 5.59. The molecule has 6 N–H and O–H groups in total. The molecule has 1 aliphatic heterocycles. The van der Waals surface area contributed by atoms with Crippen molar-refractivity contribution in [1.29, 1.82) is 0 Å². The minimum absolute atomic E-state index is 0.954. The van der Waals surface area contributed by atoms with Gasteiger partial charge in [0.2, 0.25) is 0 Å². The molecule has 5 nitrogen and oxygen atoms in total. The Balaban J connectivity index is 0.000000231. The molecular formula is C5H11N5. The molecule has 2 heterocycles. The molecule has 0 amide bonds. The Morgan fingerprint density at radius 2 is 2.20 bits per heavy atom. The van der Waals surface area contributed by atoms with E-state index in [1.54, 1.807) is 0 Å². The normalized spacial score (nSPS) is 13.8. The van der Waals surface area contributed by atoms with Crippen molar-refractivity contribution in [3.63, 3.8) is 0 Å². The van der Waals surface area contributed by atoms with Crippen molar-refractivity contribution in [2.24, 2.45) is 11.7 Å². The van der Waals surface area contributed by atoms with Crippen molar-refractivity contribution in [1.82, 2.24) is 15.5 Å². The second-order valence-electron chi connectivity index (χ2n) is 1.98. The van der Waals surface area contributed by atoms with Crippen molar-refractivity contribution >= 4 is 0 Å². The fourth-order valence-corrected chi connectivity index (χ4v) is 0.965. The summed E-state index contributed by atoms with van der Waals surface area (Å²) in [7, 11) is 0. The van der Waals surface area contributed by atoms with Crippen LogP contribution >= 0.6 is 0 Å². The molecule has 1 aromatic heterocycles. The van der Waals surface area contributed by atoms with Gasteiger partial charge in [-0.1, -0.05) is 0 Å². The van der Waals surface area contributed by atoms with Gasteiger partial charge < -0.3 is 5.32 Å². The first-order valence-corrected chi connectivity index (χ1v) is 3.02. The molecule has 0 fully saturated rings. The summed E-state index contributed by atoms with van der Waals surface area (Å²) in [6, 6.07) is 0. The number of nitrogens with one attached hydrogen (secondary N) is 2. The number of nitrogens with two attached hydrogens (primary N) is 2. The predicted molar refractivity (Wildman–Crippen MR) is 37.5 cm³/mol. The van der Waals surface area contributed by atoms with Crippen LogP contribution in [0.1, 0.15) is 11.3 Å². The third-order valence-corrected chi connectivity index (χ3v) is 1.42. The fourth-order valence-electron chi connectivity index (χ4n) is 0.965. The number of hydrogen-bond acceptors (Lipinski definition) is 4. The number of fused-ring (bicyclic) bond motifs is 1. The molecule has 2 rings (SSSR count). The summed E-state index contributed by atoms with van der Waals surface area (Å²) in [4.78, 5) is 0. The zero-order valence-electron chi connectivity index (χ0n) is 5.59. The van der Waals surface area contributed by atoms with Crippen LogP contribution in [0.2, 0.25) is 0 Å². The minimum atomic E-state index is 0.954. The highest BCUT2D eigenvalue weighted by Gasteiger charge is 2.09. The van der Waals surface area contributed by atoms with Crippen molar-refractivity contribution in [2.75, 3.05) is 0 Å². The van der Waals surface area contributed by atoms with Gasteiger partial charge in [-0.25, -0.2) is 0 Å². The van der Waals surface area contributed by atoms with Gasteiger partial charge in [-0.2, -0.15) is 5.10 Å². The Kier molecular flexibility index (Phi) is 2.38. The number of nitrogens with zero attached hydrogens (tertiary/aromatic N) is 1. The topological polar surface area (TPSA) is 92.8 Å². The summed E-state index contributed by atoms with van der Waals surface area (Å²) in [6.45, 7) is 1.93. The molecule has 0 aromatic carbocycles. The molecule has 5 heteroatoms. The monoisotopic (exact) mass is 141 g/mol. The molecular weight excluding hydrogens is 130 g/mol. The first kappa shape index (κ1) is 7.20. The SMILES string of the molecule is NN.c1n[nH]c2c1CNC2. The maximum atomic E-state index is 4.00. The Morgan fingerprint density at radius 1 is 1.40 bits per heavy atom. The van der Waals surface area contributed by atoms with E-state index < -0.39 is 0 Å². The van der Waals surface area contributed by atoms with Crippen LogP contribution < -0.4 is 17.0 Å². The molecule has 0 atom stereocenters. The molecule has 0 saturated carbocycles. The number of aromatic amines is 1. The fraction of sp³-hybridized carbons (Fsp3) is 0.400. The van der Waals surface area contributed by atoms with Gasteiger partial charge in [0.1, 0.15) is 0 Å². The van der Waals surface area contributed by atoms with Gasteiger partial charge >= 0.3 is 0 Å². The van der Waals surface area contributed by atoms with Crippen LogP contribution in [-0.4, -0.2) is 10.2 Å². The molecule has 10 heavy (non-hydrogen) atoms. The summed E-state index contributed by atoms with van der Waals surface area (Å²) < 4.78 is 0. The number of rotatable bonds is 0. The first-order valence-electron chi connectivity index (χ1n) is 3.02. The van der Waals surface area contributed by atoms with Crippen LogP contribution in [0.3, 0.4) is 0 Å². The van der Waals surface area contributed by atoms with Gasteiger partial charge in [-0.3, -0.25) is 16.8 Å². The van der Waals surface area contributed by atoms with Crippen molar-refractivity contribution in [3.8, 4) is 0 Å². The smallest absolute Gasteiger partial charge is 0.0535 e. The van der Waals surface area contributed by atoms with E-state index in [1.165, 1.54) is 11.3 Å². The van der Waals surface area contributed by atoms with Crippen LogP contribution in [0.25, 0.3) is 0 Å². The average Bonchev–Trinajstić information content (AvgIpc) is 2.49. The number of H-pyrrole nitrogens is 1. The van der Waals surface area contributed by atoms with E-state index in [0.29, 0.717) is 0 Å². The standard InChI is InChI=1S/C5H7N3.H4N2/c1-4-2-7-8-5(4)3-6-1;1-2/h2,6H,1,3H2,(H,7,8);1-2H2. The molecule has 0 bridgehead atoms. The quantitative estimate of drug-likeness (QED) is 0.270. The summed E-state index contributed by atoms with van der Waals surface area (Å²) in [5.74, 6) is 8.00. The molecule has 1 aliphatic rings. The van der Waals surface area contributed by atoms with Crippen molar-refractivity contribution in [3.05, 3.63) is 17.5 Å². The van der Waals surface area contributed by atoms with E-state index in [4.69, 9.17) is 0 Å². The number of hydrazine groups is 1. The summed E-state index contributed by atoms with van der Waals surface area (Å²) in [6.07, 6.45) is 1.87. The molecule has 0 spiro atoms. The van der Waals surface area contributed by atoms with E-state index in [-0.39, 0.29) is 0 Å². The van der Waals surface area contributed by atoms with Crippen LogP contribution in [-0.2, 0) is 13.1 Å². The number of aromatic nitrogens is 2. The van der Waals surface area contributed by atoms with E-state index >= 15 is 0 Å². The highest BCUT2D eigenvalue weighted by atomic mass is 15.1. The molecule has 56 valence electrons. The second kappa shape index (κ2) is 3.31. The lowest BCUT2D eigenvalue weighted by Crippen LogP contribution is -2.02. The summed E-state index contributed by atoms with van der Waals surface area (Å²) >= 11 is 0. The maximum Gasteiger partial charge on any atom is 0.0535 e. The molecule has 0 saturated heterocycles. The van der Waals surface area contributed by atoms with Gasteiger partial charge in [0.15, 0.2) is 0 Å². The van der Waals surface area contributed by atoms with Crippen molar-refractivity contribution < 1.29 is 0 Å². The highest BCUT2D eigenvalue weighted by molar-refractivity contribution is 5.19. The Labute approximate surface area is 58.8 Å².